The fourth-order valence-electron chi connectivity index (χ4n) is 1.30. The summed E-state index contributed by atoms with van der Waals surface area (Å²) in [5, 5.41) is 16.8. The van der Waals surface area contributed by atoms with E-state index in [4.69, 9.17) is 0 Å². The Morgan fingerprint density at radius 1 is 1.65 bits per heavy atom. The monoisotopic (exact) mass is 273 g/mol. The van der Waals surface area contributed by atoms with Crippen LogP contribution in [0.2, 0.25) is 0 Å². The van der Waals surface area contributed by atoms with Gasteiger partial charge in [0.2, 0.25) is 5.91 Å². The third kappa shape index (κ3) is 5.10. The van der Waals surface area contributed by atoms with Gasteiger partial charge in [-0.05, 0) is 41.5 Å². The molecule has 5 heteroatoms. The minimum Gasteiger partial charge on any atom is -0.384 e. The molecule has 1 unspecified atom stereocenters. The first kappa shape index (κ1) is 14.5. The first-order chi connectivity index (χ1) is 8.06. The summed E-state index contributed by atoms with van der Waals surface area (Å²) in [6.07, 6.45) is 1.07. The zero-order chi connectivity index (χ0) is 12.7. The molecule has 1 aromatic heterocycles. The Hall–Kier alpha value is -0.520. The molecule has 0 bridgehead atoms. The van der Waals surface area contributed by atoms with Crippen LogP contribution in [0.4, 0.5) is 0 Å². The number of thiophene rings is 1. The van der Waals surface area contributed by atoms with Crippen molar-refractivity contribution in [3.63, 3.8) is 0 Å². The summed E-state index contributed by atoms with van der Waals surface area (Å²) >= 11 is 3.16. The van der Waals surface area contributed by atoms with Crippen LogP contribution in [0.5, 0.6) is 0 Å². The van der Waals surface area contributed by atoms with Gasteiger partial charge in [0.15, 0.2) is 0 Å². The van der Waals surface area contributed by atoms with E-state index < -0.39 is 5.60 Å². The minimum absolute atomic E-state index is 0.0149. The molecule has 0 fully saturated rings. The number of thioether (sulfide) groups is 1. The topological polar surface area (TPSA) is 49.3 Å². The van der Waals surface area contributed by atoms with Gasteiger partial charge in [-0.2, -0.15) is 23.1 Å². The van der Waals surface area contributed by atoms with Crippen molar-refractivity contribution in [1.29, 1.82) is 0 Å². The van der Waals surface area contributed by atoms with Gasteiger partial charge in [0.25, 0.3) is 0 Å². The highest BCUT2D eigenvalue weighted by atomic mass is 32.2. The van der Waals surface area contributed by atoms with Crippen LogP contribution >= 0.6 is 23.1 Å². The first-order valence-electron chi connectivity index (χ1n) is 5.65. The summed E-state index contributed by atoms with van der Waals surface area (Å²) in [5.41, 5.74) is -0.130. The summed E-state index contributed by atoms with van der Waals surface area (Å²) < 4.78 is 0. The Kier molecular flexibility index (Phi) is 6.02. The zero-order valence-corrected chi connectivity index (χ0v) is 11.9. The molecule has 1 rings (SSSR count). The van der Waals surface area contributed by atoms with E-state index in [-0.39, 0.29) is 12.5 Å². The van der Waals surface area contributed by atoms with Crippen molar-refractivity contribution in [2.75, 3.05) is 18.1 Å². The van der Waals surface area contributed by atoms with Crippen molar-refractivity contribution in [2.45, 2.75) is 25.9 Å². The SMILES string of the molecule is CCCSCC(=O)NCC(C)(O)c1ccsc1. The first-order valence-corrected chi connectivity index (χ1v) is 7.75. The van der Waals surface area contributed by atoms with Gasteiger partial charge in [0.05, 0.1) is 12.3 Å². The maximum absolute atomic E-state index is 11.5. The Balaban J connectivity index is 2.32. The third-order valence-corrected chi connectivity index (χ3v) is 4.20. The lowest BCUT2D eigenvalue weighted by atomic mass is 9.99. The predicted molar refractivity (Wildman–Crippen MR) is 74.5 cm³/mol. The number of nitrogens with one attached hydrogen (secondary N) is 1. The standard InChI is InChI=1S/C12H19NO2S2/c1-3-5-16-8-11(14)13-9-12(2,15)10-4-6-17-7-10/h4,6-7,15H,3,5,8-9H2,1-2H3,(H,13,14). The number of carbonyl (C=O) groups excluding carboxylic acids is 1. The highest BCUT2D eigenvalue weighted by Crippen LogP contribution is 2.21. The largest absolute Gasteiger partial charge is 0.384 e. The van der Waals surface area contributed by atoms with Gasteiger partial charge in [-0.15, -0.1) is 0 Å². The Bertz CT molecular complexity index is 336. The Labute approximate surface area is 111 Å². The normalized spacial score (nSPS) is 14.3. The molecular formula is C12H19NO2S2. The summed E-state index contributed by atoms with van der Waals surface area (Å²) in [6.45, 7) is 4.07. The number of hydrogen-bond donors (Lipinski definition) is 2. The number of carbonyl (C=O) groups is 1. The van der Waals surface area contributed by atoms with Crippen LogP contribution in [-0.2, 0) is 10.4 Å². The van der Waals surface area contributed by atoms with Crippen LogP contribution in [0, 0.1) is 0 Å². The molecule has 1 aromatic rings. The molecule has 0 aromatic carbocycles. The molecule has 1 atom stereocenters. The molecule has 1 heterocycles. The van der Waals surface area contributed by atoms with Crippen LogP contribution in [0.15, 0.2) is 16.8 Å². The summed E-state index contributed by atoms with van der Waals surface area (Å²) in [4.78, 5) is 11.5. The van der Waals surface area contributed by atoms with Crippen molar-refractivity contribution in [3.8, 4) is 0 Å². The molecule has 96 valence electrons. The molecule has 3 nitrogen and oxygen atoms in total. The van der Waals surface area contributed by atoms with E-state index in [1.807, 2.05) is 16.8 Å². The van der Waals surface area contributed by atoms with Gasteiger partial charge in [0, 0.05) is 0 Å². The van der Waals surface area contributed by atoms with E-state index in [0.29, 0.717) is 5.75 Å². The van der Waals surface area contributed by atoms with E-state index in [9.17, 15) is 9.90 Å². The van der Waals surface area contributed by atoms with E-state index in [1.54, 1.807) is 30.0 Å². The van der Waals surface area contributed by atoms with E-state index in [2.05, 4.69) is 12.2 Å². The molecule has 0 saturated carbocycles. The highest BCUT2D eigenvalue weighted by Gasteiger charge is 2.23. The number of hydrogen-bond acceptors (Lipinski definition) is 4. The second kappa shape index (κ2) is 7.03. The van der Waals surface area contributed by atoms with Gasteiger partial charge < -0.3 is 10.4 Å². The summed E-state index contributed by atoms with van der Waals surface area (Å²) in [5.74, 6) is 1.45. The second-order valence-electron chi connectivity index (χ2n) is 4.12. The molecule has 0 spiro atoms. The molecule has 17 heavy (non-hydrogen) atoms. The average molecular weight is 273 g/mol. The Morgan fingerprint density at radius 3 is 3.00 bits per heavy atom. The molecule has 0 aliphatic carbocycles. The average Bonchev–Trinajstić information content (AvgIpc) is 2.81. The quantitative estimate of drug-likeness (QED) is 0.749. The molecular weight excluding hydrogens is 254 g/mol. The summed E-state index contributed by atoms with van der Waals surface area (Å²) in [7, 11) is 0. The van der Waals surface area contributed by atoms with Crippen LogP contribution < -0.4 is 5.32 Å². The molecule has 0 aliphatic rings. The van der Waals surface area contributed by atoms with Crippen LogP contribution in [0.3, 0.4) is 0 Å². The lowest BCUT2D eigenvalue weighted by molar-refractivity contribution is -0.119. The molecule has 0 radical (unpaired) electrons. The second-order valence-corrected chi connectivity index (χ2v) is 6.00. The van der Waals surface area contributed by atoms with E-state index in [0.717, 1.165) is 17.7 Å². The highest BCUT2D eigenvalue weighted by molar-refractivity contribution is 7.99. The van der Waals surface area contributed by atoms with Gasteiger partial charge in [0.1, 0.15) is 5.60 Å². The van der Waals surface area contributed by atoms with E-state index >= 15 is 0 Å². The minimum atomic E-state index is -0.981. The molecule has 2 N–H and O–H groups in total. The number of aliphatic hydroxyl groups is 1. The van der Waals surface area contributed by atoms with Crippen LogP contribution in [0.1, 0.15) is 25.8 Å². The van der Waals surface area contributed by atoms with Crippen molar-refractivity contribution in [3.05, 3.63) is 22.4 Å². The van der Waals surface area contributed by atoms with Crippen LogP contribution in [0.25, 0.3) is 0 Å². The maximum atomic E-state index is 11.5. The van der Waals surface area contributed by atoms with Gasteiger partial charge in [-0.3, -0.25) is 4.79 Å². The fourth-order valence-corrected chi connectivity index (χ4v) is 2.81. The molecule has 0 aliphatic heterocycles. The maximum Gasteiger partial charge on any atom is 0.230 e. The number of rotatable bonds is 7. The predicted octanol–water partition coefficient (Wildman–Crippen LogP) is 2.21. The Morgan fingerprint density at radius 2 is 2.41 bits per heavy atom. The molecule has 1 amide bonds. The van der Waals surface area contributed by atoms with E-state index in [1.165, 1.54) is 0 Å². The lowest BCUT2D eigenvalue weighted by Crippen LogP contribution is -2.39. The van der Waals surface area contributed by atoms with Crippen LogP contribution in [-0.4, -0.2) is 29.1 Å². The van der Waals surface area contributed by atoms with Gasteiger partial charge in [-0.25, -0.2) is 0 Å². The number of amides is 1. The van der Waals surface area contributed by atoms with Gasteiger partial charge in [-0.1, -0.05) is 6.92 Å². The van der Waals surface area contributed by atoms with Crippen molar-refractivity contribution < 1.29 is 9.90 Å². The third-order valence-electron chi connectivity index (χ3n) is 2.35. The van der Waals surface area contributed by atoms with Crippen molar-refractivity contribution >= 4 is 29.0 Å². The fraction of sp³-hybridized carbons (Fsp3) is 0.583. The molecule has 0 saturated heterocycles. The van der Waals surface area contributed by atoms with Crippen molar-refractivity contribution in [1.82, 2.24) is 5.32 Å². The van der Waals surface area contributed by atoms with Crippen molar-refractivity contribution in [2.24, 2.45) is 0 Å². The lowest BCUT2D eigenvalue weighted by Gasteiger charge is -2.22. The smallest absolute Gasteiger partial charge is 0.230 e. The summed E-state index contributed by atoms with van der Waals surface area (Å²) in [6, 6.07) is 1.88. The zero-order valence-electron chi connectivity index (χ0n) is 10.2. The van der Waals surface area contributed by atoms with Gasteiger partial charge >= 0.3 is 0 Å².